The number of carbonyl (C=O) groups excluding carboxylic acids is 3. The van der Waals surface area contributed by atoms with Gasteiger partial charge in [0.2, 0.25) is 5.91 Å². The minimum atomic E-state index is -0.551. The number of methoxy groups -OCH3 is 2. The molecule has 0 bridgehead atoms. The Balaban J connectivity index is 1.12. The number of ether oxygens (including phenoxy) is 2. The summed E-state index contributed by atoms with van der Waals surface area (Å²) in [5.41, 5.74) is 3.18. The number of anilines is 2. The summed E-state index contributed by atoms with van der Waals surface area (Å²) in [7, 11) is 3.06. The van der Waals surface area contributed by atoms with Crippen molar-refractivity contribution in [3.63, 3.8) is 0 Å². The Morgan fingerprint density at radius 2 is 1.60 bits per heavy atom. The first-order valence-corrected chi connectivity index (χ1v) is 17.3. The summed E-state index contributed by atoms with van der Waals surface area (Å²) in [6, 6.07) is 35.2. The van der Waals surface area contributed by atoms with Crippen LogP contribution in [0.2, 0.25) is 0 Å². The number of nitrogens with zero attached hydrogens (tertiary/aromatic N) is 1. The number of thiazole rings is 1. The standard InChI is InChI=1S/C39H32N4O5S2/c1-47-31-17-18-35(48-2)29(20-31)21-33(41-37(45)26-10-4-3-5-11-26)38(46)40-30-13-8-14-32(22-30)49-24-36(44)43-39-42-34(23-50-39)28-16-15-25-9-6-7-12-27(25)19-28/h3-23H,24H2,1-2H3,(H,40,46)(H,41,45)(H,42,43,44)/b33-21+. The Hall–Kier alpha value is -5.91. The number of amides is 3. The van der Waals surface area contributed by atoms with Gasteiger partial charge in [0.15, 0.2) is 5.13 Å². The highest BCUT2D eigenvalue weighted by Crippen LogP contribution is 2.29. The molecular weight excluding hydrogens is 669 g/mol. The smallest absolute Gasteiger partial charge is 0.272 e. The van der Waals surface area contributed by atoms with E-state index < -0.39 is 11.8 Å². The van der Waals surface area contributed by atoms with Gasteiger partial charge in [-0.1, -0.05) is 60.7 Å². The number of hydrogen-bond donors (Lipinski definition) is 3. The molecule has 5 aromatic carbocycles. The summed E-state index contributed by atoms with van der Waals surface area (Å²) in [5, 5.41) is 13.2. The predicted molar refractivity (Wildman–Crippen MR) is 201 cm³/mol. The van der Waals surface area contributed by atoms with Gasteiger partial charge in [0.1, 0.15) is 17.2 Å². The fourth-order valence-corrected chi connectivity index (χ4v) is 6.52. The molecule has 0 aliphatic carbocycles. The quantitative estimate of drug-likeness (QED) is 0.0872. The highest BCUT2D eigenvalue weighted by molar-refractivity contribution is 8.00. The molecule has 0 radical (unpaired) electrons. The van der Waals surface area contributed by atoms with Crippen molar-refractivity contribution in [2.75, 3.05) is 30.6 Å². The molecule has 0 saturated heterocycles. The summed E-state index contributed by atoms with van der Waals surface area (Å²) in [6.07, 6.45) is 1.53. The third-order valence-electron chi connectivity index (χ3n) is 7.52. The third-order valence-corrected chi connectivity index (χ3v) is 9.27. The lowest BCUT2D eigenvalue weighted by atomic mass is 10.1. The molecule has 50 heavy (non-hydrogen) atoms. The molecule has 0 saturated carbocycles. The van der Waals surface area contributed by atoms with Crippen LogP contribution in [0.25, 0.3) is 28.1 Å². The Bertz CT molecular complexity index is 2200. The van der Waals surface area contributed by atoms with Crippen LogP contribution in [0.5, 0.6) is 11.5 Å². The number of carbonyl (C=O) groups is 3. The van der Waals surface area contributed by atoms with Crippen LogP contribution >= 0.6 is 23.1 Å². The second kappa shape index (κ2) is 16.0. The largest absolute Gasteiger partial charge is 0.497 e. The van der Waals surface area contributed by atoms with Crippen LogP contribution in [0.15, 0.2) is 131 Å². The van der Waals surface area contributed by atoms with Crippen molar-refractivity contribution in [1.29, 1.82) is 0 Å². The summed E-state index contributed by atoms with van der Waals surface area (Å²) in [5.74, 6) is -0.0238. The molecule has 0 fully saturated rings. The zero-order valence-corrected chi connectivity index (χ0v) is 28.8. The van der Waals surface area contributed by atoms with Gasteiger partial charge in [-0.2, -0.15) is 0 Å². The molecular formula is C39H32N4O5S2. The molecule has 6 rings (SSSR count). The van der Waals surface area contributed by atoms with Crippen molar-refractivity contribution in [2.24, 2.45) is 0 Å². The second-order valence-electron chi connectivity index (χ2n) is 10.9. The molecule has 6 aromatic rings. The van der Waals surface area contributed by atoms with Crippen LogP contribution in [0.3, 0.4) is 0 Å². The predicted octanol–water partition coefficient (Wildman–Crippen LogP) is 8.12. The molecule has 1 heterocycles. The number of thioether (sulfide) groups is 1. The van der Waals surface area contributed by atoms with Gasteiger partial charge in [-0.3, -0.25) is 14.4 Å². The fourth-order valence-electron chi connectivity index (χ4n) is 5.03. The minimum absolute atomic E-state index is 0.00523. The lowest BCUT2D eigenvalue weighted by Gasteiger charge is -2.13. The van der Waals surface area contributed by atoms with Crippen molar-refractivity contribution in [1.82, 2.24) is 10.3 Å². The Morgan fingerprint density at radius 1 is 0.800 bits per heavy atom. The van der Waals surface area contributed by atoms with Gasteiger partial charge in [0.25, 0.3) is 11.8 Å². The van der Waals surface area contributed by atoms with E-state index in [0.717, 1.165) is 26.9 Å². The van der Waals surface area contributed by atoms with Crippen molar-refractivity contribution < 1.29 is 23.9 Å². The van der Waals surface area contributed by atoms with Gasteiger partial charge in [-0.25, -0.2) is 4.98 Å². The maximum atomic E-state index is 13.6. The van der Waals surface area contributed by atoms with E-state index in [1.807, 2.05) is 29.6 Å². The molecule has 0 atom stereocenters. The first-order valence-electron chi connectivity index (χ1n) is 15.5. The number of hydrogen-bond acceptors (Lipinski definition) is 8. The average molecular weight is 701 g/mol. The lowest BCUT2D eigenvalue weighted by Crippen LogP contribution is -2.30. The van der Waals surface area contributed by atoms with Gasteiger partial charge in [0.05, 0.1) is 25.7 Å². The van der Waals surface area contributed by atoms with Gasteiger partial charge in [0, 0.05) is 32.7 Å². The first-order chi connectivity index (χ1) is 24.4. The first kappa shape index (κ1) is 34.0. The SMILES string of the molecule is COc1ccc(OC)c(/C=C(/NC(=O)c2ccccc2)C(=O)Nc2cccc(SCC(=O)Nc3nc(-c4ccc5ccccc5c4)cs3)c2)c1. The molecule has 0 aliphatic heterocycles. The van der Waals surface area contributed by atoms with E-state index in [0.29, 0.717) is 33.4 Å². The molecule has 0 aliphatic rings. The Labute approximate surface area is 297 Å². The number of rotatable bonds is 12. The van der Waals surface area contributed by atoms with Crippen LogP contribution in [-0.2, 0) is 9.59 Å². The van der Waals surface area contributed by atoms with Gasteiger partial charge in [-0.15, -0.1) is 23.1 Å². The number of benzene rings is 5. The zero-order chi connectivity index (χ0) is 34.9. The van der Waals surface area contributed by atoms with E-state index in [-0.39, 0.29) is 17.4 Å². The molecule has 11 heteroatoms. The van der Waals surface area contributed by atoms with E-state index in [9.17, 15) is 14.4 Å². The molecule has 0 unspecified atom stereocenters. The van der Waals surface area contributed by atoms with Crippen molar-refractivity contribution in [3.05, 3.63) is 137 Å². The van der Waals surface area contributed by atoms with E-state index in [4.69, 9.17) is 9.47 Å². The summed E-state index contributed by atoms with van der Waals surface area (Å²) in [6.45, 7) is 0. The van der Waals surface area contributed by atoms with E-state index in [2.05, 4.69) is 45.2 Å². The summed E-state index contributed by atoms with van der Waals surface area (Å²) in [4.78, 5) is 45.0. The highest BCUT2D eigenvalue weighted by Gasteiger charge is 2.17. The zero-order valence-electron chi connectivity index (χ0n) is 27.1. The molecule has 3 amide bonds. The van der Waals surface area contributed by atoms with Gasteiger partial charge < -0.3 is 25.4 Å². The van der Waals surface area contributed by atoms with Crippen molar-refractivity contribution in [2.45, 2.75) is 4.90 Å². The molecule has 250 valence electrons. The van der Waals surface area contributed by atoms with E-state index >= 15 is 0 Å². The Morgan fingerprint density at radius 3 is 2.40 bits per heavy atom. The van der Waals surface area contributed by atoms with Crippen LogP contribution in [-0.4, -0.2) is 42.7 Å². The summed E-state index contributed by atoms with van der Waals surface area (Å²) < 4.78 is 10.8. The number of fused-ring (bicyclic) bond motifs is 1. The monoisotopic (exact) mass is 700 g/mol. The molecule has 1 aromatic heterocycles. The fraction of sp³-hybridized carbons (Fsp3) is 0.0769. The minimum Gasteiger partial charge on any atom is -0.497 e. The number of nitrogens with one attached hydrogen (secondary N) is 3. The lowest BCUT2D eigenvalue weighted by molar-refractivity contribution is -0.114. The highest BCUT2D eigenvalue weighted by atomic mass is 32.2. The van der Waals surface area contributed by atoms with Crippen LogP contribution in [0.4, 0.5) is 10.8 Å². The van der Waals surface area contributed by atoms with Crippen LogP contribution in [0.1, 0.15) is 15.9 Å². The van der Waals surface area contributed by atoms with Gasteiger partial charge >= 0.3 is 0 Å². The molecule has 0 spiro atoms. The normalized spacial score (nSPS) is 11.1. The molecule has 9 nitrogen and oxygen atoms in total. The molecule has 3 N–H and O–H groups in total. The topological polar surface area (TPSA) is 119 Å². The maximum absolute atomic E-state index is 13.6. The third kappa shape index (κ3) is 8.56. The average Bonchev–Trinajstić information content (AvgIpc) is 3.62. The van der Waals surface area contributed by atoms with Crippen LogP contribution in [0, 0.1) is 0 Å². The van der Waals surface area contributed by atoms with Gasteiger partial charge in [-0.05, 0) is 71.4 Å². The maximum Gasteiger partial charge on any atom is 0.272 e. The van der Waals surface area contributed by atoms with E-state index in [1.165, 1.54) is 43.4 Å². The van der Waals surface area contributed by atoms with E-state index in [1.54, 1.807) is 66.7 Å². The number of aromatic nitrogens is 1. The summed E-state index contributed by atoms with van der Waals surface area (Å²) >= 11 is 2.69. The van der Waals surface area contributed by atoms with Crippen molar-refractivity contribution in [3.8, 4) is 22.8 Å². The second-order valence-corrected chi connectivity index (χ2v) is 12.8. The van der Waals surface area contributed by atoms with Crippen molar-refractivity contribution >= 4 is 68.5 Å². The Kier molecular flexibility index (Phi) is 10.9. The van der Waals surface area contributed by atoms with Crippen LogP contribution < -0.4 is 25.4 Å².